The van der Waals surface area contributed by atoms with Gasteiger partial charge in [0.15, 0.2) is 0 Å². The van der Waals surface area contributed by atoms with Crippen molar-refractivity contribution in [1.29, 1.82) is 0 Å². The Morgan fingerprint density at radius 2 is 1.65 bits per heavy atom. The summed E-state index contributed by atoms with van der Waals surface area (Å²) in [6.45, 7) is 5.23. The van der Waals surface area contributed by atoms with Crippen LogP contribution < -0.4 is 11.1 Å². The van der Waals surface area contributed by atoms with Crippen molar-refractivity contribution in [3.63, 3.8) is 0 Å². The van der Waals surface area contributed by atoms with Crippen molar-refractivity contribution in [3.05, 3.63) is 66.2 Å². The van der Waals surface area contributed by atoms with Gasteiger partial charge in [-0.1, -0.05) is 48.5 Å². The predicted octanol–water partition coefficient (Wildman–Crippen LogP) is 3.91. The summed E-state index contributed by atoms with van der Waals surface area (Å²) in [5.41, 5.74) is 4.67. The van der Waals surface area contributed by atoms with Crippen molar-refractivity contribution >= 4 is 23.8 Å². The summed E-state index contributed by atoms with van der Waals surface area (Å²) in [4.78, 5) is 26.0. The Bertz CT molecular complexity index is 840. The maximum absolute atomic E-state index is 12.6. The molecule has 0 unspecified atom stereocenters. The van der Waals surface area contributed by atoms with E-state index in [0.29, 0.717) is 12.8 Å². The van der Waals surface area contributed by atoms with Gasteiger partial charge in [0.25, 0.3) is 0 Å². The number of primary amides is 1. The molecule has 0 aromatic heterocycles. The molecule has 0 aliphatic heterocycles. The van der Waals surface area contributed by atoms with Gasteiger partial charge in [-0.2, -0.15) is 0 Å². The van der Waals surface area contributed by atoms with E-state index in [1.807, 2.05) is 60.7 Å². The number of alkyl carbamates (subject to hydrolysis) is 1. The maximum Gasteiger partial charge on any atom is 0.408 e. The van der Waals surface area contributed by atoms with Crippen LogP contribution in [0.15, 0.2) is 65.6 Å². The van der Waals surface area contributed by atoms with Crippen LogP contribution in [-0.2, 0) is 16.0 Å². The maximum atomic E-state index is 12.6. The number of aliphatic hydroxyl groups is 1. The number of benzene rings is 2. The molecule has 0 saturated carbocycles. The summed E-state index contributed by atoms with van der Waals surface area (Å²) in [5.74, 6) is -0.533. The van der Waals surface area contributed by atoms with Gasteiger partial charge in [0.1, 0.15) is 11.1 Å². The first-order valence-corrected chi connectivity index (χ1v) is 11.3. The summed E-state index contributed by atoms with van der Waals surface area (Å²) in [6.07, 6.45) is -0.497. The third kappa shape index (κ3) is 8.63. The van der Waals surface area contributed by atoms with Crippen molar-refractivity contribution in [1.82, 2.24) is 5.32 Å². The van der Waals surface area contributed by atoms with E-state index in [2.05, 4.69) is 5.32 Å². The highest BCUT2D eigenvalue weighted by Crippen LogP contribution is 2.27. The largest absolute Gasteiger partial charge is 0.444 e. The van der Waals surface area contributed by atoms with Crippen LogP contribution in [0.5, 0.6) is 0 Å². The van der Waals surface area contributed by atoms with Gasteiger partial charge in [-0.25, -0.2) is 4.79 Å². The number of aliphatic hydroxyl groups excluding tert-OH is 1. The molecule has 0 heterocycles. The number of ether oxygens (including phenoxy) is 1. The molecule has 168 valence electrons. The fraction of sp³-hybridized carbons (Fsp3) is 0.417. The van der Waals surface area contributed by atoms with E-state index in [0.717, 1.165) is 10.5 Å². The Balaban J connectivity index is 2.16. The third-order valence-corrected chi connectivity index (χ3v) is 5.88. The molecule has 0 spiro atoms. The normalized spacial score (nSPS) is 14.3. The van der Waals surface area contributed by atoms with Crippen LogP contribution in [0.4, 0.5) is 4.79 Å². The molecule has 7 heteroatoms. The van der Waals surface area contributed by atoms with E-state index < -0.39 is 29.2 Å². The summed E-state index contributed by atoms with van der Waals surface area (Å²) in [5, 5.41) is 13.4. The van der Waals surface area contributed by atoms with Gasteiger partial charge in [0, 0.05) is 17.1 Å². The van der Waals surface area contributed by atoms with Crippen molar-refractivity contribution in [2.75, 3.05) is 5.75 Å². The lowest BCUT2D eigenvalue weighted by molar-refractivity contribution is -0.124. The van der Waals surface area contributed by atoms with Crippen LogP contribution in [-0.4, -0.2) is 40.1 Å². The number of rotatable bonds is 10. The smallest absolute Gasteiger partial charge is 0.408 e. The van der Waals surface area contributed by atoms with E-state index in [9.17, 15) is 14.7 Å². The SMILES string of the molecule is CC(C)(C)OC(=O)N[C@](CSc1ccccc1)(C[C@@H](O)CCc1ccccc1)C(N)=O. The molecule has 0 fully saturated rings. The Morgan fingerprint density at radius 1 is 1.06 bits per heavy atom. The molecule has 2 amide bonds. The van der Waals surface area contributed by atoms with Gasteiger partial charge in [-0.3, -0.25) is 4.79 Å². The summed E-state index contributed by atoms with van der Waals surface area (Å²) < 4.78 is 5.36. The third-order valence-electron chi connectivity index (χ3n) is 4.63. The topological polar surface area (TPSA) is 102 Å². The van der Waals surface area contributed by atoms with Crippen LogP contribution in [0.1, 0.15) is 39.2 Å². The highest BCUT2D eigenvalue weighted by atomic mass is 32.2. The second-order valence-corrected chi connectivity index (χ2v) is 9.61. The number of carbonyl (C=O) groups is 2. The molecule has 31 heavy (non-hydrogen) atoms. The zero-order valence-electron chi connectivity index (χ0n) is 18.3. The monoisotopic (exact) mass is 444 g/mol. The molecule has 4 N–H and O–H groups in total. The Morgan fingerprint density at radius 3 is 2.19 bits per heavy atom. The van der Waals surface area contributed by atoms with Crippen molar-refractivity contribution < 1.29 is 19.4 Å². The number of hydrogen-bond donors (Lipinski definition) is 3. The van der Waals surface area contributed by atoms with Crippen LogP contribution in [0.25, 0.3) is 0 Å². The van der Waals surface area contributed by atoms with Crippen LogP contribution >= 0.6 is 11.8 Å². The lowest BCUT2D eigenvalue weighted by Crippen LogP contribution is -2.61. The first kappa shape index (κ1) is 24.8. The Labute approximate surface area is 188 Å². The van der Waals surface area contributed by atoms with Gasteiger partial charge >= 0.3 is 6.09 Å². The molecule has 0 radical (unpaired) electrons. The van der Waals surface area contributed by atoms with E-state index >= 15 is 0 Å². The lowest BCUT2D eigenvalue weighted by Gasteiger charge is -2.34. The molecule has 2 aromatic carbocycles. The molecule has 2 rings (SSSR count). The zero-order chi connectivity index (χ0) is 22.9. The Hall–Kier alpha value is -2.51. The molecular formula is C24H32N2O4S. The van der Waals surface area contributed by atoms with E-state index in [-0.39, 0.29) is 12.2 Å². The molecule has 6 nitrogen and oxygen atoms in total. The molecule has 0 aliphatic rings. The Kier molecular flexibility index (Phi) is 8.95. The molecular weight excluding hydrogens is 412 g/mol. The van der Waals surface area contributed by atoms with Crippen LogP contribution in [0, 0.1) is 0 Å². The number of nitrogens with one attached hydrogen (secondary N) is 1. The fourth-order valence-corrected chi connectivity index (χ4v) is 4.18. The molecule has 0 aliphatic carbocycles. The number of nitrogens with two attached hydrogens (primary N) is 1. The van der Waals surface area contributed by atoms with Gasteiger partial charge in [0.05, 0.1) is 6.10 Å². The van der Waals surface area contributed by atoms with Gasteiger partial charge < -0.3 is 20.9 Å². The number of amides is 2. The molecule has 2 atom stereocenters. The van der Waals surface area contributed by atoms with Gasteiger partial charge in [0.2, 0.25) is 5.91 Å². The van der Waals surface area contributed by atoms with E-state index in [1.54, 1.807) is 20.8 Å². The number of thioether (sulfide) groups is 1. The van der Waals surface area contributed by atoms with E-state index in [1.165, 1.54) is 11.8 Å². The number of hydrogen-bond acceptors (Lipinski definition) is 5. The first-order chi connectivity index (χ1) is 14.6. The molecule has 0 bridgehead atoms. The first-order valence-electron chi connectivity index (χ1n) is 10.3. The van der Waals surface area contributed by atoms with Crippen molar-refractivity contribution in [3.8, 4) is 0 Å². The van der Waals surface area contributed by atoms with Crippen LogP contribution in [0.3, 0.4) is 0 Å². The van der Waals surface area contributed by atoms with Gasteiger partial charge in [-0.05, 0) is 51.3 Å². The predicted molar refractivity (Wildman–Crippen MR) is 124 cm³/mol. The summed E-state index contributed by atoms with van der Waals surface area (Å²) in [6, 6.07) is 19.3. The van der Waals surface area contributed by atoms with Crippen LogP contribution in [0.2, 0.25) is 0 Å². The average molecular weight is 445 g/mol. The fourth-order valence-electron chi connectivity index (χ4n) is 3.08. The minimum atomic E-state index is -1.46. The number of carbonyl (C=O) groups excluding carboxylic acids is 2. The highest BCUT2D eigenvalue weighted by molar-refractivity contribution is 7.99. The van der Waals surface area contributed by atoms with Gasteiger partial charge in [-0.15, -0.1) is 11.8 Å². The quantitative estimate of drug-likeness (QED) is 0.482. The van der Waals surface area contributed by atoms with Crippen molar-refractivity contribution in [2.45, 2.75) is 62.2 Å². The van der Waals surface area contributed by atoms with E-state index in [4.69, 9.17) is 10.5 Å². The average Bonchev–Trinajstić information content (AvgIpc) is 2.70. The number of aryl methyl sites for hydroxylation is 1. The minimum absolute atomic E-state index is 0.00571. The summed E-state index contributed by atoms with van der Waals surface area (Å²) >= 11 is 1.39. The second-order valence-electron chi connectivity index (χ2n) is 8.56. The molecule has 2 aromatic rings. The standard InChI is InChI=1S/C24H32N2O4S/c1-23(2,3)30-22(29)26-24(21(25)28,17-31-20-12-8-5-9-13-20)16-19(27)15-14-18-10-6-4-7-11-18/h4-13,19,27H,14-17H2,1-3H3,(H2,25,28)(H,26,29)/t19-,24-/m0/s1. The van der Waals surface area contributed by atoms with Crippen molar-refractivity contribution in [2.24, 2.45) is 5.73 Å². The highest BCUT2D eigenvalue weighted by Gasteiger charge is 2.41. The minimum Gasteiger partial charge on any atom is -0.444 e. The molecule has 0 saturated heterocycles. The summed E-state index contributed by atoms with van der Waals surface area (Å²) in [7, 11) is 0. The zero-order valence-corrected chi connectivity index (χ0v) is 19.2. The second kappa shape index (κ2) is 11.2. The lowest BCUT2D eigenvalue weighted by atomic mass is 9.90.